The van der Waals surface area contributed by atoms with E-state index in [1.165, 1.54) is 57.8 Å². The molecule has 0 aromatic rings. The Balaban J connectivity index is 1.93. The lowest BCUT2D eigenvalue weighted by Crippen LogP contribution is -2.39. The lowest BCUT2D eigenvalue weighted by molar-refractivity contribution is 0.161. The van der Waals surface area contributed by atoms with Gasteiger partial charge >= 0.3 is 0 Å². The summed E-state index contributed by atoms with van der Waals surface area (Å²) in [6, 6.07) is 0.518. The van der Waals surface area contributed by atoms with Crippen LogP contribution in [0.3, 0.4) is 0 Å². The topological polar surface area (TPSA) is 26.0 Å². The third kappa shape index (κ3) is 2.96. The summed E-state index contributed by atoms with van der Waals surface area (Å²) in [5.74, 6) is 2.75. The zero-order valence-corrected chi connectivity index (χ0v) is 10.3. The molecule has 0 amide bonds. The van der Waals surface area contributed by atoms with E-state index in [2.05, 4.69) is 6.92 Å². The molecular formula is C14H27N. The predicted molar refractivity (Wildman–Crippen MR) is 65.7 cm³/mol. The fraction of sp³-hybridized carbons (Fsp3) is 1.00. The molecule has 2 aliphatic carbocycles. The molecule has 3 atom stereocenters. The fourth-order valence-corrected chi connectivity index (χ4v) is 3.73. The van der Waals surface area contributed by atoms with E-state index < -0.39 is 0 Å². The van der Waals surface area contributed by atoms with Gasteiger partial charge in [0.25, 0.3) is 0 Å². The predicted octanol–water partition coefficient (Wildman–Crippen LogP) is 3.72. The Morgan fingerprint density at radius 1 is 0.867 bits per heavy atom. The van der Waals surface area contributed by atoms with E-state index in [9.17, 15) is 0 Å². The molecule has 0 aliphatic heterocycles. The minimum absolute atomic E-state index is 0.518. The van der Waals surface area contributed by atoms with Crippen LogP contribution in [0.1, 0.15) is 64.7 Å². The Hall–Kier alpha value is -0.0400. The Morgan fingerprint density at radius 2 is 1.53 bits per heavy atom. The monoisotopic (exact) mass is 209 g/mol. The lowest BCUT2D eigenvalue weighted by Gasteiger charge is -2.37. The summed E-state index contributed by atoms with van der Waals surface area (Å²) in [5, 5.41) is 0. The van der Waals surface area contributed by atoms with Crippen LogP contribution in [-0.4, -0.2) is 6.04 Å². The quantitative estimate of drug-likeness (QED) is 0.654. The fourth-order valence-electron chi connectivity index (χ4n) is 3.73. The first-order valence-electron chi connectivity index (χ1n) is 7.03. The third-order valence-electron chi connectivity index (χ3n) is 4.72. The van der Waals surface area contributed by atoms with Crippen molar-refractivity contribution in [1.82, 2.24) is 0 Å². The summed E-state index contributed by atoms with van der Waals surface area (Å²) in [4.78, 5) is 0. The van der Waals surface area contributed by atoms with Crippen LogP contribution in [0.15, 0.2) is 0 Å². The lowest BCUT2D eigenvalue weighted by atomic mass is 9.71. The van der Waals surface area contributed by atoms with Crippen LogP contribution in [0.5, 0.6) is 0 Å². The van der Waals surface area contributed by atoms with Crippen molar-refractivity contribution in [3.8, 4) is 0 Å². The minimum Gasteiger partial charge on any atom is -0.327 e. The van der Waals surface area contributed by atoms with Gasteiger partial charge in [-0.25, -0.2) is 0 Å². The zero-order valence-electron chi connectivity index (χ0n) is 10.3. The van der Waals surface area contributed by atoms with E-state index in [0.29, 0.717) is 6.04 Å². The second-order valence-electron chi connectivity index (χ2n) is 6.00. The Morgan fingerprint density at radius 3 is 2.20 bits per heavy atom. The molecule has 2 fully saturated rings. The molecule has 3 unspecified atom stereocenters. The number of hydrogen-bond acceptors (Lipinski definition) is 1. The molecule has 0 radical (unpaired) electrons. The largest absolute Gasteiger partial charge is 0.327 e. The molecule has 0 bridgehead atoms. The van der Waals surface area contributed by atoms with Crippen molar-refractivity contribution >= 4 is 0 Å². The van der Waals surface area contributed by atoms with Gasteiger partial charge in [0.15, 0.2) is 0 Å². The van der Waals surface area contributed by atoms with Crippen molar-refractivity contribution < 1.29 is 0 Å². The summed E-state index contributed by atoms with van der Waals surface area (Å²) in [6.45, 7) is 2.41. The Kier molecular flexibility index (Phi) is 4.07. The highest BCUT2D eigenvalue weighted by atomic mass is 14.7. The highest BCUT2D eigenvalue weighted by Crippen LogP contribution is 2.38. The average molecular weight is 209 g/mol. The van der Waals surface area contributed by atoms with Crippen LogP contribution >= 0.6 is 0 Å². The summed E-state index contributed by atoms with van der Waals surface area (Å²) in [6.07, 6.45) is 12.8. The maximum Gasteiger partial charge on any atom is 0.00700 e. The average Bonchev–Trinajstić information content (AvgIpc) is 2.50. The molecule has 1 heteroatoms. The molecule has 0 saturated heterocycles. The van der Waals surface area contributed by atoms with E-state index in [1.807, 2.05) is 0 Å². The molecule has 0 spiro atoms. The first-order valence-corrected chi connectivity index (χ1v) is 7.03. The van der Waals surface area contributed by atoms with Crippen LogP contribution in [-0.2, 0) is 0 Å². The highest BCUT2D eigenvalue weighted by molar-refractivity contribution is 4.86. The molecule has 1 nitrogen and oxygen atoms in total. The second kappa shape index (κ2) is 5.34. The van der Waals surface area contributed by atoms with Gasteiger partial charge in [0.2, 0.25) is 0 Å². The van der Waals surface area contributed by atoms with Crippen molar-refractivity contribution in [2.24, 2.45) is 23.5 Å². The summed E-state index contributed by atoms with van der Waals surface area (Å²) < 4.78 is 0. The van der Waals surface area contributed by atoms with Gasteiger partial charge in [-0.2, -0.15) is 0 Å². The Labute approximate surface area is 94.8 Å². The molecule has 0 heterocycles. The van der Waals surface area contributed by atoms with Crippen molar-refractivity contribution in [1.29, 1.82) is 0 Å². The van der Waals surface area contributed by atoms with Gasteiger partial charge in [-0.05, 0) is 37.0 Å². The van der Waals surface area contributed by atoms with Crippen LogP contribution in [0.4, 0.5) is 0 Å². The van der Waals surface area contributed by atoms with E-state index in [0.717, 1.165) is 17.8 Å². The van der Waals surface area contributed by atoms with E-state index in [1.54, 1.807) is 0 Å². The molecule has 2 saturated carbocycles. The Bertz CT molecular complexity index is 182. The van der Waals surface area contributed by atoms with Crippen molar-refractivity contribution in [2.75, 3.05) is 0 Å². The second-order valence-corrected chi connectivity index (χ2v) is 6.00. The van der Waals surface area contributed by atoms with Crippen LogP contribution in [0.25, 0.3) is 0 Å². The maximum atomic E-state index is 6.32. The van der Waals surface area contributed by atoms with Crippen molar-refractivity contribution in [2.45, 2.75) is 70.8 Å². The smallest absolute Gasteiger partial charge is 0.00700 e. The minimum atomic E-state index is 0.518. The summed E-state index contributed by atoms with van der Waals surface area (Å²) in [7, 11) is 0. The number of rotatable bonds is 1. The molecule has 15 heavy (non-hydrogen) atoms. The molecular weight excluding hydrogens is 182 g/mol. The SMILES string of the molecule is CC1CCC(N)C(C2CCCCCC2)C1. The zero-order chi connectivity index (χ0) is 10.7. The molecule has 2 aliphatic rings. The van der Waals surface area contributed by atoms with Gasteiger partial charge in [-0.15, -0.1) is 0 Å². The van der Waals surface area contributed by atoms with Gasteiger partial charge in [0.05, 0.1) is 0 Å². The standard InChI is InChI=1S/C14H27N/c1-11-8-9-14(15)13(10-11)12-6-4-2-3-5-7-12/h11-14H,2-10,15H2,1H3. The van der Waals surface area contributed by atoms with Crippen molar-refractivity contribution in [3.63, 3.8) is 0 Å². The normalized spacial score (nSPS) is 40.0. The van der Waals surface area contributed by atoms with Gasteiger partial charge in [-0.1, -0.05) is 45.4 Å². The first kappa shape index (κ1) is 11.4. The number of nitrogens with two attached hydrogens (primary N) is 1. The summed E-state index contributed by atoms with van der Waals surface area (Å²) >= 11 is 0. The molecule has 0 aromatic heterocycles. The van der Waals surface area contributed by atoms with E-state index in [4.69, 9.17) is 5.73 Å². The highest BCUT2D eigenvalue weighted by Gasteiger charge is 2.32. The van der Waals surface area contributed by atoms with Crippen LogP contribution < -0.4 is 5.73 Å². The van der Waals surface area contributed by atoms with E-state index >= 15 is 0 Å². The third-order valence-corrected chi connectivity index (χ3v) is 4.72. The molecule has 0 aromatic carbocycles. The van der Waals surface area contributed by atoms with Gasteiger partial charge in [0.1, 0.15) is 0 Å². The maximum absolute atomic E-state index is 6.32. The summed E-state index contributed by atoms with van der Waals surface area (Å²) in [5.41, 5.74) is 6.32. The first-order chi connectivity index (χ1) is 7.27. The van der Waals surface area contributed by atoms with Crippen molar-refractivity contribution in [3.05, 3.63) is 0 Å². The van der Waals surface area contributed by atoms with Gasteiger partial charge in [-0.3, -0.25) is 0 Å². The van der Waals surface area contributed by atoms with Crippen LogP contribution in [0.2, 0.25) is 0 Å². The van der Waals surface area contributed by atoms with Gasteiger partial charge in [0, 0.05) is 6.04 Å². The van der Waals surface area contributed by atoms with Crippen LogP contribution in [0, 0.1) is 17.8 Å². The van der Waals surface area contributed by atoms with Gasteiger partial charge < -0.3 is 5.73 Å². The van der Waals surface area contributed by atoms with E-state index in [-0.39, 0.29) is 0 Å². The number of hydrogen-bond donors (Lipinski definition) is 1. The molecule has 2 rings (SSSR count). The molecule has 88 valence electrons. The molecule has 2 N–H and O–H groups in total.